The quantitative estimate of drug-likeness (QED) is 0.832. The molecular weight excluding hydrogens is 288 g/mol. The average molecular weight is 320 g/mol. The van der Waals surface area contributed by atoms with Crippen molar-refractivity contribution in [1.29, 1.82) is 0 Å². The van der Waals surface area contributed by atoms with E-state index in [1.54, 1.807) is 7.11 Å². The van der Waals surface area contributed by atoms with Gasteiger partial charge in [0, 0.05) is 14.2 Å². The van der Waals surface area contributed by atoms with Crippen LogP contribution in [0.5, 0.6) is 0 Å². The molecule has 0 aliphatic carbocycles. The fourth-order valence-corrected chi connectivity index (χ4v) is 2.54. The van der Waals surface area contributed by atoms with Gasteiger partial charge in [0.2, 0.25) is 0 Å². The van der Waals surface area contributed by atoms with Gasteiger partial charge in [-0.1, -0.05) is 0 Å². The topological polar surface area (TPSA) is 66.4 Å². The van der Waals surface area contributed by atoms with Crippen LogP contribution in [0.3, 0.4) is 0 Å². The zero-order valence-corrected chi connectivity index (χ0v) is 15.1. The number of hydrogen-bond acceptors (Lipinski definition) is 6. The Morgan fingerprint density at radius 1 is 0.864 bits per heavy atom. The van der Waals surface area contributed by atoms with Crippen molar-refractivity contribution in [2.45, 2.75) is 83.5 Å². The molecule has 6 heteroatoms. The fourth-order valence-electron chi connectivity index (χ4n) is 2.54. The van der Waals surface area contributed by atoms with Gasteiger partial charge in [0.25, 0.3) is 0 Å². The van der Waals surface area contributed by atoms with Gasteiger partial charge in [-0.25, -0.2) is 0 Å². The third kappa shape index (κ3) is 5.76. The number of hydrogen-bond donors (Lipinski definition) is 1. The Balaban J connectivity index is 3.09. The summed E-state index contributed by atoms with van der Waals surface area (Å²) in [5, 5.41) is 10.2. The van der Waals surface area contributed by atoms with E-state index in [0.29, 0.717) is 6.61 Å². The Morgan fingerprint density at radius 2 is 1.36 bits per heavy atom. The van der Waals surface area contributed by atoms with Crippen molar-refractivity contribution in [1.82, 2.24) is 0 Å². The molecule has 1 aliphatic heterocycles. The molecule has 0 saturated carbocycles. The third-order valence-corrected chi connectivity index (χ3v) is 3.19. The minimum atomic E-state index is -1.09. The maximum atomic E-state index is 10.2. The van der Waals surface area contributed by atoms with E-state index in [9.17, 15) is 5.11 Å². The van der Waals surface area contributed by atoms with Crippen LogP contribution in [0.25, 0.3) is 0 Å². The molecule has 0 aromatic heterocycles. The van der Waals surface area contributed by atoms with Crippen LogP contribution in [-0.2, 0) is 23.7 Å². The molecule has 132 valence electrons. The fraction of sp³-hybridized carbons (Fsp3) is 1.00. The molecular formula is C16H32O6. The van der Waals surface area contributed by atoms with Gasteiger partial charge < -0.3 is 28.8 Å². The summed E-state index contributed by atoms with van der Waals surface area (Å²) in [5.74, 6) is 0. The maximum Gasteiger partial charge on any atom is 0.184 e. The summed E-state index contributed by atoms with van der Waals surface area (Å²) in [4.78, 5) is 0. The number of aliphatic hydroxyl groups excluding tert-OH is 1. The molecule has 0 amide bonds. The van der Waals surface area contributed by atoms with E-state index in [1.807, 2.05) is 41.5 Å². The highest BCUT2D eigenvalue weighted by Gasteiger charge is 2.49. The minimum absolute atomic E-state index is 0.304. The lowest BCUT2D eigenvalue weighted by atomic mass is 9.96. The molecule has 0 bridgehead atoms. The standard InChI is InChI=1S/C16H32O6/c1-15(2,3)21-11-10(9-18-7)20-14(17)13(19-8)12(11)22-16(4,5)6/h10-14,17H,9H2,1-8H3/t10?,11?,12-,13?,14?/m0/s1. The number of methoxy groups -OCH3 is 2. The second-order valence-electron chi connectivity index (χ2n) is 7.61. The van der Waals surface area contributed by atoms with Crippen molar-refractivity contribution in [2.24, 2.45) is 0 Å². The molecule has 22 heavy (non-hydrogen) atoms. The molecule has 1 N–H and O–H groups in total. The number of rotatable bonds is 5. The monoisotopic (exact) mass is 320 g/mol. The summed E-state index contributed by atoms with van der Waals surface area (Å²) in [7, 11) is 3.12. The van der Waals surface area contributed by atoms with Gasteiger partial charge in [-0.15, -0.1) is 0 Å². The SMILES string of the molecule is COCC1OC(O)C(OC)[C@@H](OC(C)(C)C)C1OC(C)(C)C. The van der Waals surface area contributed by atoms with Crippen molar-refractivity contribution in [3.05, 3.63) is 0 Å². The van der Waals surface area contributed by atoms with Crippen LogP contribution in [0.2, 0.25) is 0 Å². The van der Waals surface area contributed by atoms with E-state index in [4.69, 9.17) is 23.7 Å². The van der Waals surface area contributed by atoms with Crippen LogP contribution in [0, 0.1) is 0 Å². The number of aliphatic hydroxyl groups is 1. The average Bonchev–Trinajstić information content (AvgIpc) is 2.31. The molecule has 4 unspecified atom stereocenters. The molecule has 0 aromatic rings. The predicted molar refractivity (Wildman–Crippen MR) is 82.8 cm³/mol. The molecule has 0 spiro atoms. The Hall–Kier alpha value is -0.240. The summed E-state index contributed by atoms with van der Waals surface area (Å²) in [6.45, 7) is 12.1. The Labute approximate surface area is 134 Å². The highest BCUT2D eigenvalue weighted by molar-refractivity contribution is 4.94. The summed E-state index contributed by atoms with van der Waals surface area (Å²) in [5.41, 5.74) is -0.796. The normalized spacial score (nSPS) is 34.0. The first-order valence-electron chi connectivity index (χ1n) is 7.69. The highest BCUT2D eigenvalue weighted by Crippen LogP contribution is 2.32. The first-order valence-corrected chi connectivity index (χ1v) is 7.69. The van der Waals surface area contributed by atoms with E-state index in [0.717, 1.165) is 0 Å². The van der Waals surface area contributed by atoms with Crippen LogP contribution in [0.15, 0.2) is 0 Å². The van der Waals surface area contributed by atoms with Gasteiger partial charge in [0.05, 0.1) is 17.8 Å². The van der Waals surface area contributed by atoms with Gasteiger partial charge in [-0.05, 0) is 41.5 Å². The second-order valence-corrected chi connectivity index (χ2v) is 7.61. The lowest BCUT2D eigenvalue weighted by Gasteiger charge is -2.47. The smallest absolute Gasteiger partial charge is 0.184 e. The van der Waals surface area contributed by atoms with Crippen LogP contribution >= 0.6 is 0 Å². The summed E-state index contributed by atoms with van der Waals surface area (Å²) in [6.07, 6.45) is -3.02. The van der Waals surface area contributed by atoms with Crippen LogP contribution in [0.4, 0.5) is 0 Å². The van der Waals surface area contributed by atoms with E-state index in [2.05, 4.69) is 0 Å². The predicted octanol–water partition coefficient (Wildman–Crippen LogP) is 1.73. The van der Waals surface area contributed by atoms with E-state index in [-0.39, 0.29) is 5.60 Å². The Kier molecular flexibility index (Phi) is 6.80. The van der Waals surface area contributed by atoms with Crippen molar-refractivity contribution >= 4 is 0 Å². The van der Waals surface area contributed by atoms with Crippen molar-refractivity contribution in [2.75, 3.05) is 20.8 Å². The highest BCUT2D eigenvalue weighted by atomic mass is 16.7. The van der Waals surface area contributed by atoms with Crippen molar-refractivity contribution in [3.8, 4) is 0 Å². The maximum absolute atomic E-state index is 10.2. The van der Waals surface area contributed by atoms with Crippen molar-refractivity contribution in [3.63, 3.8) is 0 Å². The molecule has 1 saturated heterocycles. The van der Waals surface area contributed by atoms with Gasteiger partial charge in [0.15, 0.2) is 6.29 Å². The van der Waals surface area contributed by atoms with Crippen LogP contribution < -0.4 is 0 Å². The van der Waals surface area contributed by atoms with Crippen molar-refractivity contribution < 1.29 is 28.8 Å². The molecule has 1 heterocycles. The summed E-state index contributed by atoms with van der Waals surface area (Å²) >= 11 is 0. The molecule has 6 nitrogen and oxygen atoms in total. The van der Waals surface area contributed by atoms with Gasteiger partial charge >= 0.3 is 0 Å². The Bertz CT molecular complexity index is 333. The minimum Gasteiger partial charge on any atom is -0.382 e. The zero-order valence-electron chi connectivity index (χ0n) is 15.1. The third-order valence-electron chi connectivity index (χ3n) is 3.19. The molecule has 1 rings (SSSR count). The summed E-state index contributed by atoms with van der Waals surface area (Å²) < 4.78 is 28.6. The first-order chi connectivity index (χ1) is 9.98. The molecule has 0 radical (unpaired) electrons. The van der Waals surface area contributed by atoms with E-state index >= 15 is 0 Å². The van der Waals surface area contributed by atoms with Crippen LogP contribution in [0.1, 0.15) is 41.5 Å². The van der Waals surface area contributed by atoms with Gasteiger partial charge in [-0.2, -0.15) is 0 Å². The molecule has 1 fully saturated rings. The molecule has 0 aromatic carbocycles. The lowest BCUT2D eigenvalue weighted by Crippen LogP contribution is -2.63. The molecule has 5 atom stereocenters. The largest absolute Gasteiger partial charge is 0.382 e. The number of ether oxygens (including phenoxy) is 5. The van der Waals surface area contributed by atoms with Crippen LogP contribution in [-0.4, -0.2) is 67.8 Å². The van der Waals surface area contributed by atoms with Gasteiger partial charge in [0.1, 0.15) is 24.4 Å². The van der Waals surface area contributed by atoms with Gasteiger partial charge in [-0.3, -0.25) is 0 Å². The molecule has 1 aliphatic rings. The zero-order chi connectivity index (χ0) is 17.1. The lowest BCUT2D eigenvalue weighted by molar-refractivity contribution is -0.328. The summed E-state index contributed by atoms with van der Waals surface area (Å²) in [6, 6.07) is 0. The van der Waals surface area contributed by atoms with E-state index in [1.165, 1.54) is 7.11 Å². The Morgan fingerprint density at radius 3 is 1.77 bits per heavy atom. The second kappa shape index (κ2) is 7.55. The van der Waals surface area contributed by atoms with E-state index < -0.39 is 36.3 Å². The first kappa shape index (κ1) is 19.8.